The second-order valence-electron chi connectivity index (χ2n) is 24.0. The number of hydrogen-bond acceptors (Lipinski definition) is 7. The van der Waals surface area contributed by atoms with Gasteiger partial charge >= 0.3 is 11.9 Å². The molecular formula is C67H134N2O5. The minimum atomic E-state index is -0.427. The van der Waals surface area contributed by atoms with Crippen LogP contribution in [-0.4, -0.2) is 79.5 Å². The normalized spacial score (nSPS) is 13.5. The zero-order chi connectivity index (χ0) is 54.2. The number of carbonyl (C=O) groups excluding carboxylic acids is 2. The molecule has 0 radical (unpaired) electrons. The van der Waals surface area contributed by atoms with Crippen LogP contribution in [0, 0.1) is 11.8 Å². The highest BCUT2D eigenvalue weighted by Gasteiger charge is 2.25. The highest BCUT2D eigenvalue weighted by atomic mass is 16.5. The maximum atomic E-state index is 13.2. The van der Waals surface area contributed by atoms with Crippen LogP contribution in [0.5, 0.6) is 0 Å². The van der Waals surface area contributed by atoms with Crippen molar-refractivity contribution in [1.29, 1.82) is 0 Å². The van der Waals surface area contributed by atoms with E-state index in [0.717, 1.165) is 83.7 Å². The standard InChI is InChI=1S/C67H134N2O5/c1-8-13-18-23-28-30-34-41-51-62(49-39-32-25-20-15-10-3)60-73-66(71)56-46-37-43-53-64(69(59-48-58-68(6)7)65(70)55-45-36-27-22-17-12-5)54-44-38-47-57-67(72)74-61-63(50-40-33-26-21-16-11-4)52-42-35-31-29-24-19-14-9-2/h62-65,70H,8-61H2,1-7H3. The first kappa shape index (κ1) is 72.8. The summed E-state index contributed by atoms with van der Waals surface area (Å²) in [5.41, 5.74) is 0. The number of aliphatic hydroxyl groups excluding tert-OH is 1. The number of unbranched alkanes of at least 4 members (excludes halogenated alkanes) is 33. The molecule has 0 heterocycles. The first-order chi connectivity index (χ1) is 36.2. The predicted molar refractivity (Wildman–Crippen MR) is 323 cm³/mol. The smallest absolute Gasteiger partial charge is 0.305 e. The van der Waals surface area contributed by atoms with Crippen molar-refractivity contribution in [3.05, 3.63) is 0 Å². The molecule has 0 saturated heterocycles. The van der Waals surface area contributed by atoms with E-state index in [2.05, 4.69) is 58.5 Å². The van der Waals surface area contributed by atoms with Crippen LogP contribution in [0.1, 0.15) is 356 Å². The molecule has 0 amide bonds. The molecule has 0 aromatic heterocycles. The Labute approximate surface area is 464 Å². The fraction of sp³-hybridized carbons (Fsp3) is 0.970. The Balaban J connectivity index is 5.39. The van der Waals surface area contributed by atoms with Crippen LogP contribution in [0.15, 0.2) is 0 Å². The first-order valence-corrected chi connectivity index (χ1v) is 33.6. The molecule has 0 aliphatic heterocycles. The summed E-state index contributed by atoms with van der Waals surface area (Å²) >= 11 is 0. The zero-order valence-corrected chi connectivity index (χ0v) is 51.5. The van der Waals surface area contributed by atoms with Crippen molar-refractivity contribution in [2.24, 2.45) is 11.8 Å². The number of nitrogens with zero attached hydrogens (tertiary/aromatic N) is 2. The summed E-state index contributed by atoms with van der Waals surface area (Å²) < 4.78 is 12.0. The van der Waals surface area contributed by atoms with Crippen LogP contribution in [-0.2, 0) is 19.1 Å². The summed E-state index contributed by atoms with van der Waals surface area (Å²) in [6.45, 7) is 14.5. The number of rotatable bonds is 61. The maximum absolute atomic E-state index is 13.2. The monoisotopic (exact) mass is 1050 g/mol. The maximum Gasteiger partial charge on any atom is 0.305 e. The number of hydrogen-bond donors (Lipinski definition) is 1. The molecule has 0 aliphatic rings. The van der Waals surface area contributed by atoms with Gasteiger partial charge in [0.15, 0.2) is 0 Å². The fourth-order valence-electron chi connectivity index (χ4n) is 11.3. The van der Waals surface area contributed by atoms with E-state index in [1.54, 1.807) is 0 Å². The molecule has 0 saturated carbocycles. The lowest BCUT2D eigenvalue weighted by Crippen LogP contribution is -2.44. The topological polar surface area (TPSA) is 79.3 Å². The summed E-state index contributed by atoms with van der Waals surface area (Å²) in [6.07, 6.45) is 59.7. The molecule has 0 fully saturated rings. The molecule has 0 aromatic rings. The van der Waals surface area contributed by atoms with Crippen molar-refractivity contribution in [1.82, 2.24) is 9.80 Å². The van der Waals surface area contributed by atoms with Crippen molar-refractivity contribution in [2.75, 3.05) is 40.4 Å². The van der Waals surface area contributed by atoms with Gasteiger partial charge in [0.25, 0.3) is 0 Å². The average Bonchev–Trinajstić information content (AvgIpc) is 3.39. The van der Waals surface area contributed by atoms with E-state index in [9.17, 15) is 14.7 Å². The van der Waals surface area contributed by atoms with Crippen molar-refractivity contribution in [3.8, 4) is 0 Å². The first-order valence-electron chi connectivity index (χ1n) is 33.6. The van der Waals surface area contributed by atoms with Gasteiger partial charge in [-0.15, -0.1) is 0 Å². The Kier molecular flexibility index (Phi) is 57.1. The highest BCUT2D eigenvalue weighted by Crippen LogP contribution is 2.25. The molecule has 7 nitrogen and oxygen atoms in total. The van der Waals surface area contributed by atoms with Crippen molar-refractivity contribution in [3.63, 3.8) is 0 Å². The Bertz CT molecular complexity index is 1070. The van der Waals surface area contributed by atoms with E-state index < -0.39 is 6.23 Å². The number of aliphatic hydroxyl groups is 1. The van der Waals surface area contributed by atoms with Crippen molar-refractivity contribution < 1.29 is 24.2 Å². The molecule has 0 rings (SSSR count). The van der Waals surface area contributed by atoms with Gasteiger partial charge < -0.3 is 19.5 Å². The molecule has 0 aliphatic carbocycles. The van der Waals surface area contributed by atoms with Gasteiger partial charge in [0, 0.05) is 25.4 Å². The van der Waals surface area contributed by atoms with E-state index >= 15 is 0 Å². The third-order valence-corrected chi connectivity index (χ3v) is 16.3. The average molecular weight is 1050 g/mol. The minimum Gasteiger partial charge on any atom is -0.465 e. The van der Waals surface area contributed by atoms with Crippen LogP contribution in [0.25, 0.3) is 0 Å². The molecule has 3 unspecified atom stereocenters. The van der Waals surface area contributed by atoms with Gasteiger partial charge in [0.05, 0.1) is 13.2 Å². The second kappa shape index (κ2) is 58.0. The predicted octanol–water partition coefficient (Wildman–Crippen LogP) is 20.5. The van der Waals surface area contributed by atoms with Crippen LogP contribution < -0.4 is 0 Å². The van der Waals surface area contributed by atoms with E-state index in [0.29, 0.717) is 43.9 Å². The van der Waals surface area contributed by atoms with Gasteiger partial charge in [-0.25, -0.2) is 0 Å². The highest BCUT2D eigenvalue weighted by molar-refractivity contribution is 5.69. The summed E-state index contributed by atoms with van der Waals surface area (Å²) in [5.74, 6) is 0.972. The van der Waals surface area contributed by atoms with Crippen LogP contribution in [0.3, 0.4) is 0 Å². The van der Waals surface area contributed by atoms with Crippen LogP contribution >= 0.6 is 0 Å². The fourth-order valence-corrected chi connectivity index (χ4v) is 11.3. The molecule has 1 N–H and O–H groups in total. The van der Waals surface area contributed by atoms with E-state index in [1.807, 2.05) is 0 Å². The molecule has 7 heteroatoms. The molecule has 74 heavy (non-hydrogen) atoms. The lowest BCUT2D eigenvalue weighted by Gasteiger charge is -2.36. The molecule has 3 atom stereocenters. The molecule has 0 bridgehead atoms. The summed E-state index contributed by atoms with van der Waals surface area (Å²) in [4.78, 5) is 31.0. The molecule has 0 aromatic carbocycles. The quantitative estimate of drug-likeness (QED) is 0.0369. The van der Waals surface area contributed by atoms with Crippen LogP contribution in [0.4, 0.5) is 0 Å². The van der Waals surface area contributed by atoms with Gasteiger partial charge in [-0.05, 0) is 103 Å². The minimum absolute atomic E-state index is 0.0135. The number of ether oxygens (including phenoxy) is 2. The SMILES string of the molecule is CCCCCCCCCCC(CCCCCCCC)COC(=O)CCCCCC(CCCCCC(=O)OCC(CCCCCCCC)CCCCCCCCCC)N(CCCN(C)C)C(O)CCCCCCCC. The van der Waals surface area contributed by atoms with Gasteiger partial charge in [-0.2, -0.15) is 0 Å². The second-order valence-corrected chi connectivity index (χ2v) is 24.0. The van der Waals surface area contributed by atoms with Crippen molar-refractivity contribution in [2.45, 2.75) is 368 Å². The Hall–Kier alpha value is -1.18. The summed E-state index contributed by atoms with van der Waals surface area (Å²) in [5, 5.41) is 11.8. The van der Waals surface area contributed by atoms with Gasteiger partial charge in [-0.1, -0.05) is 272 Å². The summed E-state index contributed by atoms with van der Waals surface area (Å²) in [6, 6.07) is 0.296. The Morgan fingerprint density at radius 2 is 0.608 bits per heavy atom. The molecular weight excluding hydrogens is 913 g/mol. The number of carbonyl (C=O) groups is 2. The zero-order valence-electron chi connectivity index (χ0n) is 51.5. The van der Waals surface area contributed by atoms with E-state index in [1.165, 1.54) is 238 Å². The van der Waals surface area contributed by atoms with Gasteiger partial charge in [-0.3, -0.25) is 14.5 Å². The Morgan fingerprint density at radius 3 is 0.919 bits per heavy atom. The van der Waals surface area contributed by atoms with E-state index in [4.69, 9.17) is 9.47 Å². The Morgan fingerprint density at radius 1 is 0.338 bits per heavy atom. The van der Waals surface area contributed by atoms with Crippen LogP contribution in [0.2, 0.25) is 0 Å². The van der Waals surface area contributed by atoms with Crippen molar-refractivity contribution >= 4 is 11.9 Å². The molecule has 0 spiro atoms. The number of esters is 2. The largest absolute Gasteiger partial charge is 0.465 e. The molecule has 442 valence electrons. The lowest BCUT2D eigenvalue weighted by molar-refractivity contribution is -0.146. The van der Waals surface area contributed by atoms with Gasteiger partial charge in [0.1, 0.15) is 6.23 Å². The third kappa shape index (κ3) is 50.3. The summed E-state index contributed by atoms with van der Waals surface area (Å²) in [7, 11) is 4.29. The van der Waals surface area contributed by atoms with Gasteiger partial charge in [0.2, 0.25) is 0 Å². The lowest BCUT2D eigenvalue weighted by atomic mass is 9.94. The third-order valence-electron chi connectivity index (χ3n) is 16.3. The van der Waals surface area contributed by atoms with E-state index in [-0.39, 0.29) is 11.9 Å².